The molecule has 2 N–H and O–H groups in total. The first-order valence-corrected chi connectivity index (χ1v) is 7.41. The lowest BCUT2D eigenvalue weighted by Crippen LogP contribution is -2.22. The number of carbonyl (C=O) groups excluding carboxylic acids is 2. The SMILES string of the molecule is COC(=O)c1ccc(C)c(NCC(=O)Nc2ccccc2OC)c1. The number of esters is 1. The predicted molar refractivity (Wildman–Crippen MR) is 92.6 cm³/mol. The third kappa shape index (κ3) is 4.25. The van der Waals surface area contributed by atoms with E-state index in [4.69, 9.17) is 9.47 Å². The Labute approximate surface area is 140 Å². The maximum absolute atomic E-state index is 12.1. The maximum Gasteiger partial charge on any atom is 0.337 e. The number of hydrogen-bond donors (Lipinski definition) is 2. The van der Waals surface area contributed by atoms with E-state index < -0.39 is 5.97 Å². The van der Waals surface area contributed by atoms with Gasteiger partial charge in [-0.15, -0.1) is 0 Å². The molecule has 0 atom stereocenters. The fraction of sp³-hybridized carbons (Fsp3) is 0.222. The van der Waals surface area contributed by atoms with E-state index in [1.54, 1.807) is 37.4 Å². The lowest BCUT2D eigenvalue weighted by molar-refractivity contribution is -0.114. The number of amides is 1. The van der Waals surface area contributed by atoms with Gasteiger partial charge in [-0.1, -0.05) is 18.2 Å². The number of nitrogens with one attached hydrogen (secondary N) is 2. The van der Waals surface area contributed by atoms with Crippen LogP contribution in [0.15, 0.2) is 42.5 Å². The van der Waals surface area contributed by atoms with Crippen molar-refractivity contribution in [2.24, 2.45) is 0 Å². The minimum absolute atomic E-state index is 0.0590. The van der Waals surface area contributed by atoms with Gasteiger partial charge in [-0.05, 0) is 36.8 Å². The topological polar surface area (TPSA) is 76.7 Å². The van der Waals surface area contributed by atoms with Gasteiger partial charge in [-0.3, -0.25) is 4.79 Å². The summed E-state index contributed by atoms with van der Waals surface area (Å²) < 4.78 is 9.90. The number of carbonyl (C=O) groups is 2. The maximum atomic E-state index is 12.1. The monoisotopic (exact) mass is 328 g/mol. The molecule has 0 fully saturated rings. The quantitative estimate of drug-likeness (QED) is 0.798. The summed E-state index contributed by atoms with van der Waals surface area (Å²) >= 11 is 0. The summed E-state index contributed by atoms with van der Waals surface area (Å²) in [4.78, 5) is 23.7. The molecule has 0 spiro atoms. The highest BCUT2D eigenvalue weighted by Crippen LogP contribution is 2.23. The zero-order valence-electron chi connectivity index (χ0n) is 13.9. The highest BCUT2D eigenvalue weighted by Gasteiger charge is 2.10. The Bertz CT molecular complexity index is 744. The Kier molecular flexibility index (Phi) is 5.78. The van der Waals surface area contributed by atoms with E-state index in [1.165, 1.54) is 7.11 Å². The molecular formula is C18H20N2O4. The van der Waals surface area contributed by atoms with Gasteiger partial charge in [0.1, 0.15) is 5.75 Å². The van der Waals surface area contributed by atoms with Crippen molar-refractivity contribution in [3.8, 4) is 5.75 Å². The van der Waals surface area contributed by atoms with Crippen LogP contribution in [0.2, 0.25) is 0 Å². The number of ether oxygens (including phenoxy) is 2. The number of aryl methyl sites for hydroxylation is 1. The van der Waals surface area contributed by atoms with E-state index in [0.29, 0.717) is 22.7 Å². The molecule has 24 heavy (non-hydrogen) atoms. The molecule has 2 aromatic rings. The second kappa shape index (κ2) is 8.01. The first-order valence-electron chi connectivity index (χ1n) is 7.41. The van der Waals surface area contributed by atoms with E-state index in [2.05, 4.69) is 10.6 Å². The molecule has 0 unspecified atom stereocenters. The zero-order chi connectivity index (χ0) is 17.5. The lowest BCUT2D eigenvalue weighted by atomic mass is 10.1. The third-order valence-corrected chi connectivity index (χ3v) is 3.48. The molecule has 0 aliphatic rings. The van der Waals surface area contributed by atoms with E-state index in [-0.39, 0.29) is 12.5 Å². The second-order valence-electron chi connectivity index (χ2n) is 5.12. The number of methoxy groups -OCH3 is 2. The molecular weight excluding hydrogens is 308 g/mol. The normalized spacial score (nSPS) is 9.96. The van der Waals surface area contributed by atoms with Crippen molar-refractivity contribution in [3.63, 3.8) is 0 Å². The van der Waals surface area contributed by atoms with Crippen molar-refractivity contribution in [1.82, 2.24) is 0 Å². The van der Waals surface area contributed by atoms with Gasteiger partial charge in [-0.2, -0.15) is 0 Å². The molecule has 6 heteroatoms. The van der Waals surface area contributed by atoms with Gasteiger partial charge in [0.15, 0.2) is 0 Å². The molecule has 0 heterocycles. The van der Waals surface area contributed by atoms with Crippen LogP contribution in [0.3, 0.4) is 0 Å². The van der Waals surface area contributed by atoms with Crippen LogP contribution in [-0.2, 0) is 9.53 Å². The number of benzene rings is 2. The van der Waals surface area contributed by atoms with E-state index >= 15 is 0 Å². The van der Waals surface area contributed by atoms with Crippen LogP contribution in [0, 0.1) is 6.92 Å². The fourth-order valence-corrected chi connectivity index (χ4v) is 2.18. The molecule has 0 aromatic heterocycles. The van der Waals surface area contributed by atoms with Gasteiger partial charge in [0.2, 0.25) is 5.91 Å². The summed E-state index contributed by atoms with van der Waals surface area (Å²) in [7, 11) is 2.88. The first kappa shape index (κ1) is 17.3. The molecule has 0 aliphatic heterocycles. The van der Waals surface area contributed by atoms with Crippen LogP contribution in [-0.4, -0.2) is 32.6 Å². The van der Waals surface area contributed by atoms with Gasteiger partial charge in [-0.25, -0.2) is 4.79 Å². The molecule has 0 saturated heterocycles. The van der Waals surface area contributed by atoms with Crippen LogP contribution in [0.4, 0.5) is 11.4 Å². The van der Waals surface area contributed by atoms with E-state index in [1.807, 2.05) is 19.1 Å². The number of hydrogen-bond acceptors (Lipinski definition) is 5. The summed E-state index contributed by atoms with van der Waals surface area (Å²) in [5, 5.41) is 5.81. The molecule has 0 radical (unpaired) electrons. The summed E-state index contributed by atoms with van der Waals surface area (Å²) in [6, 6.07) is 12.3. The van der Waals surface area contributed by atoms with Crippen molar-refractivity contribution in [1.29, 1.82) is 0 Å². The van der Waals surface area contributed by atoms with E-state index in [0.717, 1.165) is 5.56 Å². The number of anilines is 2. The Hall–Kier alpha value is -3.02. The Balaban J connectivity index is 2.02. The van der Waals surface area contributed by atoms with Crippen molar-refractivity contribution < 1.29 is 19.1 Å². The van der Waals surface area contributed by atoms with Crippen LogP contribution < -0.4 is 15.4 Å². The standard InChI is InChI=1S/C18H20N2O4/c1-12-8-9-13(18(22)24-3)10-15(12)19-11-17(21)20-14-6-4-5-7-16(14)23-2/h4-10,19H,11H2,1-3H3,(H,20,21). The summed E-state index contributed by atoms with van der Waals surface area (Å²) in [5.41, 5.74) is 2.66. The second-order valence-corrected chi connectivity index (χ2v) is 5.12. The van der Waals surface area contributed by atoms with Crippen LogP contribution in [0.1, 0.15) is 15.9 Å². The summed E-state index contributed by atoms with van der Waals surface area (Å²) in [5.74, 6) is -0.0476. The summed E-state index contributed by atoms with van der Waals surface area (Å²) in [6.07, 6.45) is 0. The Morgan fingerprint density at radius 1 is 1.04 bits per heavy atom. The highest BCUT2D eigenvalue weighted by molar-refractivity contribution is 5.95. The molecule has 2 aromatic carbocycles. The fourth-order valence-electron chi connectivity index (χ4n) is 2.18. The Morgan fingerprint density at radius 3 is 2.50 bits per heavy atom. The Morgan fingerprint density at radius 2 is 1.79 bits per heavy atom. The lowest BCUT2D eigenvalue weighted by Gasteiger charge is -2.12. The van der Waals surface area contributed by atoms with Crippen molar-refractivity contribution >= 4 is 23.3 Å². The molecule has 0 aliphatic carbocycles. The van der Waals surface area contributed by atoms with Crippen molar-refractivity contribution in [2.45, 2.75) is 6.92 Å². The number of para-hydroxylation sites is 2. The van der Waals surface area contributed by atoms with Gasteiger partial charge in [0.25, 0.3) is 0 Å². The van der Waals surface area contributed by atoms with Crippen LogP contribution in [0.25, 0.3) is 0 Å². The van der Waals surface area contributed by atoms with Crippen LogP contribution >= 0.6 is 0 Å². The smallest absolute Gasteiger partial charge is 0.337 e. The molecule has 126 valence electrons. The predicted octanol–water partition coefficient (Wildman–Crippen LogP) is 2.84. The largest absolute Gasteiger partial charge is 0.495 e. The molecule has 0 saturated carbocycles. The minimum atomic E-state index is -0.420. The van der Waals surface area contributed by atoms with Gasteiger partial charge in [0.05, 0.1) is 32.0 Å². The molecule has 0 bridgehead atoms. The van der Waals surface area contributed by atoms with Gasteiger partial charge in [0, 0.05) is 5.69 Å². The van der Waals surface area contributed by atoms with Crippen molar-refractivity contribution in [2.75, 3.05) is 31.4 Å². The molecule has 6 nitrogen and oxygen atoms in total. The average Bonchev–Trinajstić information content (AvgIpc) is 2.60. The van der Waals surface area contributed by atoms with Crippen LogP contribution in [0.5, 0.6) is 5.75 Å². The number of rotatable bonds is 6. The van der Waals surface area contributed by atoms with Crippen molar-refractivity contribution in [3.05, 3.63) is 53.6 Å². The van der Waals surface area contributed by atoms with Gasteiger partial charge >= 0.3 is 5.97 Å². The average molecular weight is 328 g/mol. The summed E-state index contributed by atoms with van der Waals surface area (Å²) in [6.45, 7) is 1.95. The highest BCUT2D eigenvalue weighted by atomic mass is 16.5. The molecule has 1 amide bonds. The molecule has 2 rings (SSSR count). The van der Waals surface area contributed by atoms with E-state index in [9.17, 15) is 9.59 Å². The first-order chi connectivity index (χ1) is 11.5. The minimum Gasteiger partial charge on any atom is -0.495 e. The van der Waals surface area contributed by atoms with Gasteiger partial charge < -0.3 is 20.1 Å². The zero-order valence-corrected chi connectivity index (χ0v) is 13.9. The third-order valence-electron chi connectivity index (χ3n) is 3.48.